The Hall–Kier alpha value is -3.87. The molecule has 4 N–H and O–H groups in total. The number of hydrogen-bond acceptors (Lipinski definition) is 5. The molecule has 3 aromatic carbocycles. The van der Waals surface area contributed by atoms with E-state index in [1.807, 2.05) is 6.07 Å². The zero-order valence-electron chi connectivity index (χ0n) is 19.6. The molecular weight excluding hydrogens is 504 g/mol. The number of urea groups is 1. The van der Waals surface area contributed by atoms with Crippen molar-refractivity contribution in [3.63, 3.8) is 0 Å². The third kappa shape index (κ3) is 5.93. The van der Waals surface area contributed by atoms with Crippen molar-refractivity contribution in [2.24, 2.45) is 5.73 Å². The van der Waals surface area contributed by atoms with Gasteiger partial charge in [0.1, 0.15) is 11.6 Å². The average Bonchev–Trinajstić information content (AvgIpc) is 3.35. The van der Waals surface area contributed by atoms with Gasteiger partial charge >= 0.3 is 6.03 Å². The van der Waals surface area contributed by atoms with Crippen molar-refractivity contribution < 1.29 is 26.8 Å². The quantitative estimate of drug-likeness (QED) is 0.434. The molecule has 0 spiro atoms. The standard InChI is InChI=1S/C25H25F2N5O4S/c26-19-4-8-21(9-5-19)30-25(34)31-12-13-32(37(35,36)22-10-6-20(27)7-11-22)24(31)23(33)29-16-18-3-1-2-17(14-18)15-28/h1-11,14,24H,12-13,15-16,28H2,(H,29,33)(H,30,34). The highest BCUT2D eigenvalue weighted by Gasteiger charge is 2.46. The summed E-state index contributed by atoms with van der Waals surface area (Å²) in [4.78, 5) is 27.3. The van der Waals surface area contributed by atoms with Crippen LogP contribution in [-0.2, 0) is 27.9 Å². The first-order chi connectivity index (χ1) is 17.7. The van der Waals surface area contributed by atoms with Crippen LogP contribution in [0.25, 0.3) is 0 Å². The Morgan fingerprint density at radius 1 is 0.919 bits per heavy atom. The molecule has 0 saturated carbocycles. The summed E-state index contributed by atoms with van der Waals surface area (Å²) in [6.45, 7) is 0.123. The number of carbonyl (C=O) groups is 2. The number of sulfonamides is 1. The molecule has 1 aliphatic heterocycles. The van der Waals surface area contributed by atoms with Crippen molar-refractivity contribution in [3.8, 4) is 0 Å². The maximum atomic E-state index is 13.4. The van der Waals surface area contributed by atoms with Crippen LogP contribution in [0.1, 0.15) is 11.1 Å². The summed E-state index contributed by atoms with van der Waals surface area (Å²) < 4.78 is 54.3. The van der Waals surface area contributed by atoms with Gasteiger partial charge in [0.25, 0.3) is 5.91 Å². The number of carbonyl (C=O) groups excluding carboxylic acids is 2. The summed E-state index contributed by atoms with van der Waals surface area (Å²) in [5, 5.41) is 5.25. The van der Waals surface area contributed by atoms with E-state index < -0.39 is 39.8 Å². The molecule has 1 atom stereocenters. The fourth-order valence-electron chi connectivity index (χ4n) is 3.96. The third-order valence-electron chi connectivity index (χ3n) is 5.83. The SMILES string of the molecule is NCc1cccc(CNC(=O)C2N(C(=O)Nc3ccc(F)cc3)CCN2S(=O)(=O)c2ccc(F)cc2)c1. The molecule has 1 heterocycles. The van der Waals surface area contributed by atoms with E-state index in [0.717, 1.165) is 56.7 Å². The molecule has 0 radical (unpaired) electrons. The first kappa shape index (κ1) is 26.2. The Morgan fingerprint density at radius 2 is 1.54 bits per heavy atom. The smallest absolute Gasteiger partial charge is 0.323 e. The predicted octanol–water partition coefficient (Wildman–Crippen LogP) is 2.60. The van der Waals surface area contributed by atoms with Gasteiger partial charge in [-0.25, -0.2) is 22.0 Å². The summed E-state index contributed by atoms with van der Waals surface area (Å²) in [5.41, 5.74) is 7.53. The van der Waals surface area contributed by atoms with Gasteiger partial charge in [0, 0.05) is 31.9 Å². The molecule has 3 aromatic rings. The number of rotatable bonds is 7. The van der Waals surface area contributed by atoms with Crippen LogP contribution in [0, 0.1) is 11.6 Å². The summed E-state index contributed by atoms with van der Waals surface area (Å²) in [6, 6.07) is 15.7. The number of hydrogen-bond donors (Lipinski definition) is 3. The van der Waals surface area contributed by atoms with Crippen molar-refractivity contribution in [1.29, 1.82) is 0 Å². The van der Waals surface area contributed by atoms with Crippen LogP contribution < -0.4 is 16.4 Å². The normalized spacial score (nSPS) is 16.0. The largest absolute Gasteiger partial charge is 0.349 e. The van der Waals surface area contributed by atoms with Crippen molar-refractivity contribution in [3.05, 3.63) is 95.6 Å². The van der Waals surface area contributed by atoms with Gasteiger partial charge in [-0.1, -0.05) is 24.3 Å². The molecule has 9 nitrogen and oxygen atoms in total. The second-order valence-corrected chi connectivity index (χ2v) is 10.2. The number of amides is 3. The molecule has 0 aromatic heterocycles. The zero-order chi connectivity index (χ0) is 26.6. The maximum absolute atomic E-state index is 13.4. The van der Waals surface area contributed by atoms with Gasteiger partial charge in [0.15, 0.2) is 6.17 Å². The summed E-state index contributed by atoms with van der Waals surface area (Å²) >= 11 is 0. The molecular formula is C25H25F2N5O4S. The highest BCUT2D eigenvalue weighted by molar-refractivity contribution is 7.89. The number of anilines is 1. The molecule has 37 heavy (non-hydrogen) atoms. The second-order valence-electron chi connectivity index (χ2n) is 8.32. The number of nitrogens with zero attached hydrogens (tertiary/aromatic N) is 2. The van der Waals surface area contributed by atoms with Crippen LogP contribution in [0.4, 0.5) is 19.3 Å². The van der Waals surface area contributed by atoms with Crippen LogP contribution in [0.3, 0.4) is 0 Å². The Morgan fingerprint density at radius 3 is 2.19 bits per heavy atom. The van der Waals surface area contributed by atoms with Crippen LogP contribution in [0.2, 0.25) is 0 Å². The molecule has 1 saturated heterocycles. The Kier molecular flexibility index (Phi) is 7.81. The molecule has 1 fully saturated rings. The van der Waals surface area contributed by atoms with E-state index in [9.17, 15) is 26.8 Å². The minimum Gasteiger partial charge on any atom is -0.349 e. The molecule has 12 heteroatoms. The number of nitrogens with two attached hydrogens (primary N) is 1. The highest BCUT2D eigenvalue weighted by Crippen LogP contribution is 2.26. The molecule has 0 bridgehead atoms. The molecule has 0 aliphatic carbocycles. The topological polar surface area (TPSA) is 125 Å². The number of benzene rings is 3. The Bertz CT molecular complexity index is 1380. The summed E-state index contributed by atoms with van der Waals surface area (Å²) in [7, 11) is -4.27. The Balaban J connectivity index is 1.60. The average molecular weight is 530 g/mol. The fourth-order valence-corrected chi connectivity index (χ4v) is 5.51. The number of nitrogens with one attached hydrogen (secondary N) is 2. The predicted molar refractivity (Wildman–Crippen MR) is 132 cm³/mol. The first-order valence-electron chi connectivity index (χ1n) is 11.4. The molecule has 4 rings (SSSR count). The lowest BCUT2D eigenvalue weighted by Gasteiger charge is -2.29. The molecule has 1 aliphatic rings. The van der Waals surface area contributed by atoms with E-state index in [0.29, 0.717) is 6.54 Å². The highest BCUT2D eigenvalue weighted by atomic mass is 32.2. The van der Waals surface area contributed by atoms with Crippen LogP contribution >= 0.6 is 0 Å². The van der Waals surface area contributed by atoms with Crippen molar-refractivity contribution in [2.45, 2.75) is 24.2 Å². The van der Waals surface area contributed by atoms with E-state index >= 15 is 0 Å². The van der Waals surface area contributed by atoms with E-state index in [1.165, 1.54) is 12.1 Å². The van der Waals surface area contributed by atoms with Crippen molar-refractivity contribution in [2.75, 3.05) is 18.4 Å². The van der Waals surface area contributed by atoms with E-state index in [4.69, 9.17) is 5.73 Å². The monoisotopic (exact) mass is 529 g/mol. The lowest BCUT2D eigenvalue weighted by molar-refractivity contribution is -0.127. The van der Waals surface area contributed by atoms with E-state index in [2.05, 4.69) is 10.6 Å². The van der Waals surface area contributed by atoms with E-state index in [1.54, 1.807) is 18.2 Å². The minimum absolute atomic E-state index is 0.0705. The van der Waals surface area contributed by atoms with Gasteiger partial charge in [0.2, 0.25) is 10.0 Å². The Labute approximate surface area is 212 Å². The summed E-state index contributed by atoms with van der Waals surface area (Å²) in [6.07, 6.45) is -1.52. The van der Waals surface area contributed by atoms with Crippen LogP contribution in [0.15, 0.2) is 77.7 Å². The minimum atomic E-state index is -4.27. The van der Waals surface area contributed by atoms with Crippen LogP contribution in [0.5, 0.6) is 0 Å². The third-order valence-corrected chi connectivity index (χ3v) is 7.70. The van der Waals surface area contributed by atoms with Gasteiger partial charge in [-0.3, -0.25) is 9.69 Å². The van der Waals surface area contributed by atoms with Gasteiger partial charge in [-0.2, -0.15) is 4.31 Å². The zero-order valence-corrected chi connectivity index (χ0v) is 20.4. The fraction of sp³-hybridized carbons (Fsp3) is 0.200. The van der Waals surface area contributed by atoms with Gasteiger partial charge in [0.05, 0.1) is 4.90 Å². The van der Waals surface area contributed by atoms with E-state index in [-0.39, 0.29) is 30.2 Å². The first-order valence-corrected chi connectivity index (χ1v) is 12.8. The molecule has 194 valence electrons. The molecule has 3 amide bonds. The van der Waals surface area contributed by atoms with Crippen molar-refractivity contribution in [1.82, 2.24) is 14.5 Å². The molecule has 1 unspecified atom stereocenters. The van der Waals surface area contributed by atoms with Crippen LogP contribution in [-0.4, -0.2) is 48.8 Å². The lowest BCUT2D eigenvalue weighted by Crippen LogP contribution is -2.54. The second kappa shape index (κ2) is 11.0. The number of halogens is 2. The van der Waals surface area contributed by atoms with Gasteiger partial charge in [-0.15, -0.1) is 0 Å². The maximum Gasteiger partial charge on any atom is 0.323 e. The van der Waals surface area contributed by atoms with Gasteiger partial charge < -0.3 is 16.4 Å². The summed E-state index contributed by atoms with van der Waals surface area (Å²) in [5.74, 6) is -1.84. The van der Waals surface area contributed by atoms with Gasteiger partial charge in [-0.05, 0) is 59.7 Å². The lowest BCUT2D eigenvalue weighted by atomic mass is 10.1. The van der Waals surface area contributed by atoms with Crippen molar-refractivity contribution >= 4 is 27.6 Å².